The largest absolute Gasteiger partial charge is 0.378 e. The molecule has 1 aliphatic rings. The van der Waals surface area contributed by atoms with Crippen molar-refractivity contribution in [3.63, 3.8) is 0 Å². The highest BCUT2D eigenvalue weighted by molar-refractivity contribution is 5.20. The molecule has 0 saturated carbocycles. The molecule has 0 spiro atoms. The molecular formula is C16H26N2O. The molecule has 1 N–H and O–H groups in total. The number of hydrogen-bond acceptors (Lipinski definition) is 3. The third kappa shape index (κ3) is 3.56. The lowest BCUT2D eigenvalue weighted by Gasteiger charge is -2.47. The van der Waals surface area contributed by atoms with E-state index in [0.29, 0.717) is 6.04 Å². The van der Waals surface area contributed by atoms with Crippen molar-refractivity contribution >= 4 is 0 Å². The van der Waals surface area contributed by atoms with Gasteiger partial charge in [0.1, 0.15) is 0 Å². The quantitative estimate of drug-likeness (QED) is 0.882. The fraction of sp³-hybridized carbons (Fsp3) is 0.625. The SMILES string of the molecule is CCNCC(c1ccccc1)N1CCOCC1(C)C. The smallest absolute Gasteiger partial charge is 0.0645 e. The third-order valence-electron chi connectivity index (χ3n) is 3.86. The number of likely N-dealkylation sites (N-methyl/N-ethyl adjacent to an activating group) is 1. The van der Waals surface area contributed by atoms with Crippen LogP contribution in [0.4, 0.5) is 0 Å². The van der Waals surface area contributed by atoms with Gasteiger partial charge in [-0.2, -0.15) is 0 Å². The van der Waals surface area contributed by atoms with Crippen LogP contribution in [-0.2, 0) is 4.74 Å². The van der Waals surface area contributed by atoms with Gasteiger partial charge in [0, 0.05) is 24.7 Å². The van der Waals surface area contributed by atoms with Gasteiger partial charge in [0.25, 0.3) is 0 Å². The second-order valence-corrected chi connectivity index (χ2v) is 5.79. The molecule has 2 rings (SSSR count). The molecule has 1 fully saturated rings. The van der Waals surface area contributed by atoms with Crippen molar-refractivity contribution in [3.05, 3.63) is 35.9 Å². The van der Waals surface area contributed by atoms with Gasteiger partial charge in [0.15, 0.2) is 0 Å². The monoisotopic (exact) mass is 262 g/mol. The molecule has 1 saturated heterocycles. The molecule has 0 aromatic heterocycles. The Morgan fingerprint density at radius 1 is 1.32 bits per heavy atom. The van der Waals surface area contributed by atoms with Crippen molar-refractivity contribution in [3.8, 4) is 0 Å². The maximum Gasteiger partial charge on any atom is 0.0645 e. The summed E-state index contributed by atoms with van der Waals surface area (Å²) in [6.45, 7) is 11.3. The number of ether oxygens (including phenoxy) is 1. The lowest BCUT2D eigenvalue weighted by atomic mass is 9.95. The average molecular weight is 262 g/mol. The molecule has 3 nitrogen and oxygen atoms in total. The summed E-state index contributed by atoms with van der Waals surface area (Å²) in [5, 5.41) is 3.50. The van der Waals surface area contributed by atoms with E-state index in [-0.39, 0.29) is 5.54 Å². The van der Waals surface area contributed by atoms with E-state index in [1.54, 1.807) is 0 Å². The van der Waals surface area contributed by atoms with Crippen molar-refractivity contribution in [1.29, 1.82) is 0 Å². The Balaban J connectivity index is 2.21. The van der Waals surface area contributed by atoms with Crippen LogP contribution in [0.3, 0.4) is 0 Å². The van der Waals surface area contributed by atoms with Gasteiger partial charge in [-0.1, -0.05) is 37.3 Å². The minimum absolute atomic E-state index is 0.0914. The Bertz CT molecular complexity index is 378. The van der Waals surface area contributed by atoms with E-state index in [4.69, 9.17) is 4.74 Å². The molecule has 1 aromatic carbocycles. The Morgan fingerprint density at radius 2 is 2.05 bits per heavy atom. The summed E-state index contributed by atoms with van der Waals surface area (Å²) in [5.41, 5.74) is 1.48. The topological polar surface area (TPSA) is 24.5 Å². The van der Waals surface area contributed by atoms with Crippen LogP contribution in [0.2, 0.25) is 0 Å². The number of morpholine rings is 1. The summed E-state index contributed by atoms with van der Waals surface area (Å²) in [5.74, 6) is 0. The van der Waals surface area contributed by atoms with Crippen LogP contribution < -0.4 is 5.32 Å². The van der Waals surface area contributed by atoms with Gasteiger partial charge in [-0.05, 0) is 26.0 Å². The summed E-state index contributed by atoms with van der Waals surface area (Å²) in [6, 6.07) is 11.2. The van der Waals surface area contributed by atoms with Crippen molar-refractivity contribution < 1.29 is 4.74 Å². The van der Waals surface area contributed by atoms with E-state index >= 15 is 0 Å². The zero-order valence-corrected chi connectivity index (χ0v) is 12.4. The van der Waals surface area contributed by atoms with Gasteiger partial charge >= 0.3 is 0 Å². The van der Waals surface area contributed by atoms with E-state index in [2.05, 4.69) is 61.3 Å². The predicted octanol–water partition coefficient (Wildman–Crippen LogP) is 2.45. The van der Waals surface area contributed by atoms with E-state index < -0.39 is 0 Å². The van der Waals surface area contributed by atoms with E-state index in [1.807, 2.05) is 0 Å². The molecule has 1 atom stereocenters. The summed E-state index contributed by atoms with van der Waals surface area (Å²) in [6.07, 6.45) is 0. The molecule has 1 heterocycles. The van der Waals surface area contributed by atoms with Crippen LogP contribution in [0.15, 0.2) is 30.3 Å². The fourth-order valence-corrected chi connectivity index (χ4v) is 2.81. The minimum atomic E-state index is 0.0914. The molecule has 0 radical (unpaired) electrons. The highest BCUT2D eigenvalue weighted by Gasteiger charge is 2.35. The van der Waals surface area contributed by atoms with Crippen LogP contribution in [0.5, 0.6) is 0 Å². The highest BCUT2D eigenvalue weighted by atomic mass is 16.5. The van der Waals surface area contributed by atoms with E-state index in [9.17, 15) is 0 Å². The summed E-state index contributed by atoms with van der Waals surface area (Å²) >= 11 is 0. The zero-order chi connectivity index (χ0) is 13.7. The van der Waals surface area contributed by atoms with Crippen LogP contribution in [0, 0.1) is 0 Å². The second-order valence-electron chi connectivity index (χ2n) is 5.79. The maximum atomic E-state index is 5.64. The minimum Gasteiger partial charge on any atom is -0.378 e. The molecule has 0 bridgehead atoms. The van der Waals surface area contributed by atoms with Gasteiger partial charge in [-0.3, -0.25) is 4.90 Å². The first-order chi connectivity index (χ1) is 9.15. The summed E-state index contributed by atoms with van der Waals surface area (Å²) in [7, 11) is 0. The molecule has 0 amide bonds. The summed E-state index contributed by atoms with van der Waals surface area (Å²) < 4.78 is 5.64. The first-order valence-corrected chi connectivity index (χ1v) is 7.25. The van der Waals surface area contributed by atoms with Crippen LogP contribution in [0.25, 0.3) is 0 Å². The van der Waals surface area contributed by atoms with E-state index in [0.717, 1.165) is 32.8 Å². The van der Waals surface area contributed by atoms with Gasteiger partial charge in [-0.25, -0.2) is 0 Å². The molecule has 1 aromatic rings. The number of nitrogens with one attached hydrogen (secondary N) is 1. The molecule has 1 aliphatic heterocycles. The standard InChI is InChI=1S/C16H26N2O/c1-4-17-12-15(14-8-6-5-7-9-14)18-10-11-19-13-16(18,2)3/h5-9,15,17H,4,10-13H2,1-3H3. The maximum absolute atomic E-state index is 5.64. The Labute approximate surface area is 116 Å². The lowest BCUT2D eigenvalue weighted by Crippen LogP contribution is -2.55. The average Bonchev–Trinajstić information content (AvgIpc) is 2.42. The number of hydrogen-bond donors (Lipinski definition) is 1. The Morgan fingerprint density at radius 3 is 2.68 bits per heavy atom. The number of nitrogens with zero attached hydrogens (tertiary/aromatic N) is 1. The molecule has 1 unspecified atom stereocenters. The summed E-state index contributed by atoms with van der Waals surface area (Å²) in [4.78, 5) is 2.58. The van der Waals surface area contributed by atoms with E-state index in [1.165, 1.54) is 5.56 Å². The second kappa shape index (κ2) is 6.51. The Kier molecular flexibility index (Phi) is 4.97. The number of rotatable bonds is 5. The predicted molar refractivity (Wildman–Crippen MR) is 79.3 cm³/mol. The van der Waals surface area contributed by atoms with Crippen molar-refractivity contribution in [2.45, 2.75) is 32.4 Å². The first kappa shape index (κ1) is 14.5. The van der Waals surface area contributed by atoms with Crippen LogP contribution >= 0.6 is 0 Å². The highest BCUT2D eigenvalue weighted by Crippen LogP contribution is 2.30. The van der Waals surface area contributed by atoms with Crippen molar-refractivity contribution in [2.24, 2.45) is 0 Å². The third-order valence-corrected chi connectivity index (χ3v) is 3.86. The first-order valence-electron chi connectivity index (χ1n) is 7.25. The molecular weight excluding hydrogens is 236 g/mol. The Hall–Kier alpha value is -0.900. The zero-order valence-electron chi connectivity index (χ0n) is 12.4. The van der Waals surface area contributed by atoms with Gasteiger partial charge in [0.2, 0.25) is 0 Å². The van der Waals surface area contributed by atoms with Crippen LogP contribution in [-0.4, -0.2) is 43.3 Å². The van der Waals surface area contributed by atoms with Crippen LogP contribution in [0.1, 0.15) is 32.4 Å². The number of benzene rings is 1. The fourth-order valence-electron chi connectivity index (χ4n) is 2.81. The molecule has 3 heteroatoms. The lowest BCUT2D eigenvalue weighted by molar-refractivity contribution is -0.0725. The van der Waals surface area contributed by atoms with Gasteiger partial charge < -0.3 is 10.1 Å². The molecule has 106 valence electrons. The van der Waals surface area contributed by atoms with Crippen molar-refractivity contribution in [2.75, 3.05) is 32.8 Å². The normalized spacial score (nSPS) is 21.2. The van der Waals surface area contributed by atoms with Crippen molar-refractivity contribution in [1.82, 2.24) is 10.2 Å². The van der Waals surface area contributed by atoms with Gasteiger partial charge in [0.05, 0.1) is 13.2 Å². The molecule has 0 aliphatic carbocycles. The molecule has 19 heavy (non-hydrogen) atoms. The van der Waals surface area contributed by atoms with Gasteiger partial charge in [-0.15, -0.1) is 0 Å².